The van der Waals surface area contributed by atoms with Gasteiger partial charge in [0.1, 0.15) is 36.6 Å². The third-order valence-corrected chi connectivity index (χ3v) is 6.03. The molecule has 1 aliphatic rings. The molecule has 0 bridgehead atoms. The number of hydrogen-bond donors (Lipinski definition) is 1. The summed E-state index contributed by atoms with van der Waals surface area (Å²) in [5.74, 6) is -4.26. The second-order valence-corrected chi connectivity index (χ2v) is 8.42. The van der Waals surface area contributed by atoms with Crippen LogP contribution < -0.4 is 5.73 Å². The standard InChI is InChI=1S/C25H20F3N5O5/c26-25(27,28)17-19(38-24(35)15-9-5-2-6-10-15)16(11-36-23(34)14-7-3-1-4-8-14)37-22(17)33-13-32-21-18(33)20(29)30-12-31-21/h1-10,12-13,16-17,19,22H,11H2,(H2,29,30,31)/t16-,17-,19-,22-/m1/s1. The minimum Gasteiger partial charge on any atom is -0.459 e. The monoisotopic (exact) mass is 527 g/mol. The molecular weight excluding hydrogens is 507 g/mol. The Hall–Kier alpha value is -4.52. The van der Waals surface area contributed by atoms with Crippen molar-refractivity contribution in [3.8, 4) is 0 Å². The summed E-state index contributed by atoms with van der Waals surface area (Å²) < 4.78 is 61.2. The Labute approximate surface area is 213 Å². The fourth-order valence-corrected chi connectivity index (χ4v) is 4.28. The van der Waals surface area contributed by atoms with Gasteiger partial charge < -0.3 is 19.9 Å². The molecule has 1 fully saturated rings. The van der Waals surface area contributed by atoms with Crippen LogP contribution in [0, 0.1) is 5.92 Å². The lowest BCUT2D eigenvalue weighted by atomic mass is 9.98. The summed E-state index contributed by atoms with van der Waals surface area (Å²) in [6, 6.07) is 15.5. The summed E-state index contributed by atoms with van der Waals surface area (Å²) in [4.78, 5) is 37.1. The molecule has 3 heterocycles. The quantitative estimate of drug-likeness (QED) is 0.374. The summed E-state index contributed by atoms with van der Waals surface area (Å²) in [5.41, 5.74) is 6.22. The Morgan fingerprint density at radius 2 is 1.58 bits per heavy atom. The van der Waals surface area contributed by atoms with Crippen LogP contribution in [0.25, 0.3) is 11.2 Å². The smallest absolute Gasteiger partial charge is 0.399 e. The van der Waals surface area contributed by atoms with Crippen molar-refractivity contribution in [3.05, 3.63) is 84.4 Å². The molecule has 4 atom stereocenters. The predicted octanol–water partition coefficient (Wildman–Crippen LogP) is 3.57. The van der Waals surface area contributed by atoms with Crippen molar-refractivity contribution in [3.63, 3.8) is 0 Å². The largest absolute Gasteiger partial charge is 0.459 e. The molecule has 196 valence electrons. The molecular formula is C25H20F3N5O5. The highest BCUT2D eigenvalue weighted by Crippen LogP contribution is 2.47. The zero-order valence-electron chi connectivity index (χ0n) is 19.5. The number of anilines is 1. The van der Waals surface area contributed by atoms with Gasteiger partial charge in [-0.05, 0) is 24.3 Å². The van der Waals surface area contributed by atoms with Gasteiger partial charge >= 0.3 is 18.1 Å². The molecule has 13 heteroatoms. The fraction of sp³-hybridized carbons (Fsp3) is 0.240. The summed E-state index contributed by atoms with van der Waals surface area (Å²) in [5, 5.41) is 0. The van der Waals surface area contributed by atoms with Crippen LogP contribution >= 0.6 is 0 Å². The van der Waals surface area contributed by atoms with Crippen LogP contribution in [0.2, 0.25) is 0 Å². The van der Waals surface area contributed by atoms with E-state index in [1.54, 1.807) is 36.4 Å². The first kappa shape index (κ1) is 25.1. The SMILES string of the molecule is Nc1ncnc2ncn([C@@H]3O[C@H](COC(=O)c4ccccc4)[C@@H](OC(=O)c4ccccc4)[C@H]3C(F)(F)F)c12. The van der Waals surface area contributed by atoms with Gasteiger partial charge in [-0.2, -0.15) is 13.2 Å². The zero-order valence-corrected chi connectivity index (χ0v) is 19.5. The number of fused-ring (bicyclic) bond motifs is 1. The molecule has 0 saturated carbocycles. The fourth-order valence-electron chi connectivity index (χ4n) is 4.28. The number of alkyl halides is 3. The molecule has 38 heavy (non-hydrogen) atoms. The van der Waals surface area contributed by atoms with Gasteiger partial charge in [0.25, 0.3) is 0 Å². The van der Waals surface area contributed by atoms with Crippen molar-refractivity contribution < 1.29 is 37.0 Å². The first-order chi connectivity index (χ1) is 18.2. The minimum atomic E-state index is -4.91. The molecule has 2 N–H and O–H groups in total. The van der Waals surface area contributed by atoms with Crippen LogP contribution in [0.3, 0.4) is 0 Å². The van der Waals surface area contributed by atoms with Gasteiger partial charge in [0.2, 0.25) is 0 Å². The van der Waals surface area contributed by atoms with E-state index in [-0.39, 0.29) is 28.1 Å². The molecule has 0 aliphatic carbocycles. The lowest BCUT2D eigenvalue weighted by Crippen LogP contribution is -2.42. The van der Waals surface area contributed by atoms with Gasteiger partial charge in [-0.3, -0.25) is 4.57 Å². The second kappa shape index (κ2) is 10.1. The lowest BCUT2D eigenvalue weighted by molar-refractivity contribution is -0.210. The van der Waals surface area contributed by atoms with Crippen molar-refractivity contribution in [1.29, 1.82) is 0 Å². The van der Waals surface area contributed by atoms with E-state index >= 15 is 0 Å². The van der Waals surface area contributed by atoms with Gasteiger partial charge in [-0.1, -0.05) is 36.4 Å². The Bertz CT molecular complexity index is 1450. The van der Waals surface area contributed by atoms with E-state index in [9.17, 15) is 22.8 Å². The first-order valence-corrected chi connectivity index (χ1v) is 11.4. The molecule has 0 radical (unpaired) electrons. The number of imidazole rings is 1. The minimum absolute atomic E-state index is 0.0156. The Morgan fingerprint density at radius 1 is 0.947 bits per heavy atom. The number of rotatable bonds is 6. The third kappa shape index (κ3) is 4.87. The number of esters is 2. The average Bonchev–Trinajstić information content (AvgIpc) is 3.50. The van der Waals surface area contributed by atoms with Gasteiger partial charge in [-0.25, -0.2) is 24.5 Å². The Balaban J connectivity index is 1.51. The number of carbonyl (C=O) groups excluding carboxylic acids is 2. The van der Waals surface area contributed by atoms with Crippen molar-refractivity contribution in [2.75, 3.05) is 12.3 Å². The summed E-state index contributed by atoms with van der Waals surface area (Å²) >= 11 is 0. The molecule has 1 saturated heterocycles. The average molecular weight is 527 g/mol. The van der Waals surface area contributed by atoms with Gasteiger partial charge in [0.15, 0.2) is 17.7 Å². The molecule has 10 nitrogen and oxygen atoms in total. The van der Waals surface area contributed by atoms with Gasteiger partial charge in [-0.15, -0.1) is 0 Å². The van der Waals surface area contributed by atoms with E-state index in [4.69, 9.17) is 19.9 Å². The van der Waals surface area contributed by atoms with E-state index in [0.717, 1.165) is 17.2 Å². The zero-order chi connectivity index (χ0) is 26.9. The maximum absolute atomic E-state index is 14.6. The van der Waals surface area contributed by atoms with Crippen molar-refractivity contribution in [1.82, 2.24) is 19.5 Å². The number of ether oxygens (including phenoxy) is 3. The molecule has 2 aromatic heterocycles. The van der Waals surface area contributed by atoms with E-state index < -0.39 is 49.1 Å². The van der Waals surface area contributed by atoms with Crippen molar-refractivity contribution in [2.24, 2.45) is 5.92 Å². The van der Waals surface area contributed by atoms with E-state index in [1.165, 1.54) is 24.3 Å². The Morgan fingerprint density at radius 3 is 2.21 bits per heavy atom. The van der Waals surface area contributed by atoms with E-state index in [1.807, 2.05) is 0 Å². The topological polar surface area (TPSA) is 131 Å². The highest BCUT2D eigenvalue weighted by Gasteiger charge is 2.61. The molecule has 1 aliphatic heterocycles. The number of nitrogens with two attached hydrogens (primary N) is 1. The number of benzene rings is 2. The van der Waals surface area contributed by atoms with Crippen LogP contribution in [-0.4, -0.2) is 56.4 Å². The molecule has 2 aromatic carbocycles. The lowest BCUT2D eigenvalue weighted by Gasteiger charge is -2.26. The number of hydrogen-bond acceptors (Lipinski definition) is 9. The molecule has 4 aromatic rings. The van der Waals surface area contributed by atoms with Crippen LogP contribution in [0.4, 0.5) is 19.0 Å². The Kier molecular flexibility index (Phi) is 6.68. The molecule has 5 rings (SSSR count). The van der Waals surface area contributed by atoms with E-state index in [2.05, 4.69) is 15.0 Å². The van der Waals surface area contributed by atoms with Crippen LogP contribution in [0.1, 0.15) is 26.9 Å². The highest BCUT2D eigenvalue weighted by atomic mass is 19.4. The van der Waals surface area contributed by atoms with Gasteiger partial charge in [0, 0.05) is 0 Å². The summed E-state index contributed by atoms with van der Waals surface area (Å²) in [6.45, 7) is -0.623. The third-order valence-electron chi connectivity index (χ3n) is 6.03. The maximum atomic E-state index is 14.6. The van der Waals surface area contributed by atoms with Gasteiger partial charge in [0.05, 0.1) is 17.5 Å². The van der Waals surface area contributed by atoms with Crippen molar-refractivity contribution >= 4 is 28.9 Å². The number of nitrogens with zero attached hydrogens (tertiary/aromatic N) is 4. The van der Waals surface area contributed by atoms with Crippen LogP contribution in [-0.2, 0) is 14.2 Å². The van der Waals surface area contributed by atoms with Crippen molar-refractivity contribution in [2.45, 2.75) is 24.6 Å². The normalized spacial score (nSPS) is 21.3. The maximum Gasteiger partial charge on any atom is 0.399 e. The second-order valence-electron chi connectivity index (χ2n) is 8.42. The van der Waals surface area contributed by atoms with Crippen LogP contribution in [0.15, 0.2) is 73.3 Å². The summed E-state index contributed by atoms with van der Waals surface area (Å²) in [7, 11) is 0. The highest BCUT2D eigenvalue weighted by molar-refractivity contribution is 5.90. The molecule has 0 unspecified atom stereocenters. The van der Waals surface area contributed by atoms with Crippen LogP contribution in [0.5, 0.6) is 0 Å². The predicted molar refractivity (Wildman–Crippen MR) is 126 cm³/mol. The molecule has 0 amide bonds. The number of aromatic nitrogens is 4. The summed E-state index contributed by atoms with van der Waals surface area (Å²) in [6.07, 6.45) is -7.82. The molecule has 0 spiro atoms. The number of carbonyl (C=O) groups is 2. The first-order valence-electron chi connectivity index (χ1n) is 11.4. The number of halogens is 3. The van der Waals surface area contributed by atoms with E-state index in [0.29, 0.717) is 0 Å². The number of nitrogen functional groups attached to an aromatic ring is 1.